The van der Waals surface area contributed by atoms with Gasteiger partial charge in [-0.1, -0.05) is 21.7 Å². The van der Waals surface area contributed by atoms with Crippen molar-refractivity contribution in [2.24, 2.45) is 0 Å². The predicted molar refractivity (Wildman–Crippen MR) is 58.8 cm³/mol. The number of methoxy groups -OCH3 is 1. The van der Waals surface area contributed by atoms with E-state index in [-0.39, 0.29) is 0 Å². The van der Waals surface area contributed by atoms with E-state index in [0.29, 0.717) is 16.4 Å². The summed E-state index contributed by atoms with van der Waals surface area (Å²) >= 11 is 1.11. The third kappa shape index (κ3) is 2.14. The lowest BCUT2D eigenvalue weighted by Gasteiger charge is -2.06. The molecule has 0 atom stereocenters. The minimum atomic E-state index is -0.402. The molecule has 0 saturated heterocycles. The molecule has 0 aliphatic rings. The third-order valence-electron chi connectivity index (χ3n) is 1.87. The molecule has 0 spiro atoms. The van der Waals surface area contributed by atoms with Crippen LogP contribution in [0.15, 0.2) is 24.3 Å². The Morgan fingerprint density at radius 2 is 2.25 bits per heavy atom. The third-order valence-corrected chi connectivity index (χ3v) is 2.38. The number of anilines is 2. The van der Waals surface area contributed by atoms with Crippen molar-refractivity contribution in [2.75, 3.05) is 12.4 Å². The second kappa shape index (κ2) is 4.67. The average molecular weight is 236 g/mol. The topological polar surface area (TPSA) is 77.0 Å². The van der Waals surface area contributed by atoms with Crippen LogP contribution in [0.3, 0.4) is 0 Å². The van der Waals surface area contributed by atoms with Gasteiger partial charge in [0.05, 0.1) is 18.4 Å². The zero-order chi connectivity index (χ0) is 11.4. The van der Waals surface area contributed by atoms with Crippen LogP contribution in [0.5, 0.6) is 0 Å². The SMILES string of the molecule is COC(=O)c1ccccc1Nc1nnns1. The number of ether oxygens (including phenoxy) is 1. The number of nitrogens with zero attached hydrogens (tertiary/aromatic N) is 3. The maximum absolute atomic E-state index is 11.5. The molecule has 2 rings (SSSR count). The molecule has 6 nitrogen and oxygen atoms in total. The Bertz CT molecular complexity index is 486. The van der Waals surface area contributed by atoms with Crippen LogP contribution >= 0.6 is 11.5 Å². The molecule has 0 fully saturated rings. The highest BCUT2D eigenvalue weighted by Crippen LogP contribution is 2.21. The molecule has 1 aromatic heterocycles. The van der Waals surface area contributed by atoms with Crippen molar-refractivity contribution in [1.29, 1.82) is 0 Å². The molecule has 82 valence electrons. The highest BCUT2D eigenvalue weighted by Gasteiger charge is 2.11. The molecular weight excluding hydrogens is 228 g/mol. The fourth-order valence-corrected chi connectivity index (χ4v) is 1.56. The van der Waals surface area contributed by atoms with Crippen LogP contribution in [0, 0.1) is 0 Å². The molecule has 7 heteroatoms. The van der Waals surface area contributed by atoms with Crippen molar-refractivity contribution >= 4 is 28.3 Å². The van der Waals surface area contributed by atoms with Gasteiger partial charge in [-0.15, -0.1) is 0 Å². The number of carbonyl (C=O) groups excluding carboxylic acids is 1. The summed E-state index contributed by atoms with van der Waals surface area (Å²) in [5.41, 5.74) is 1.06. The number of rotatable bonds is 3. The van der Waals surface area contributed by atoms with Crippen molar-refractivity contribution in [1.82, 2.24) is 14.8 Å². The molecule has 0 bridgehead atoms. The van der Waals surface area contributed by atoms with E-state index in [0.717, 1.165) is 11.5 Å². The molecule has 0 aliphatic carbocycles. The first kappa shape index (κ1) is 10.5. The highest BCUT2D eigenvalue weighted by atomic mass is 32.1. The number of carbonyl (C=O) groups is 1. The van der Waals surface area contributed by atoms with Gasteiger partial charge < -0.3 is 10.1 Å². The number of para-hydroxylation sites is 1. The summed E-state index contributed by atoms with van der Waals surface area (Å²) in [7, 11) is 1.34. The fraction of sp³-hybridized carbons (Fsp3) is 0.111. The standard InChI is InChI=1S/C9H8N4O2S/c1-15-8(14)6-4-2-3-5-7(6)10-9-11-12-13-16-9/h2-5H,1H3,(H,10,11,13). The van der Waals surface area contributed by atoms with Crippen molar-refractivity contribution < 1.29 is 9.53 Å². The Kier molecular flexibility index (Phi) is 3.06. The number of aromatic nitrogens is 3. The molecule has 2 aromatic rings. The Labute approximate surface area is 95.4 Å². The van der Waals surface area contributed by atoms with Crippen LogP contribution in [0.25, 0.3) is 0 Å². The molecule has 1 heterocycles. The molecule has 0 radical (unpaired) electrons. The Morgan fingerprint density at radius 3 is 2.94 bits per heavy atom. The molecule has 1 aromatic carbocycles. The summed E-state index contributed by atoms with van der Waals surface area (Å²) in [5, 5.41) is 10.7. The Hall–Kier alpha value is -2.02. The van der Waals surface area contributed by atoms with Crippen molar-refractivity contribution in [3.63, 3.8) is 0 Å². The zero-order valence-electron chi connectivity index (χ0n) is 8.38. The van der Waals surface area contributed by atoms with Crippen LogP contribution in [0.2, 0.25) is 0 Å². The van der Waals surface area contributed by atoms with Gasteiger partial charge in [0.1, 0.15) is 0 Å². The first-order chi connectivity index (χ1) is 7.81. The molecule has 0 amide bonds. The molecular formula is C9H8N4O2S. The maximum Gasteiger partial charge on any atom is 0.339 e. The molecule has 1 N–H and O–H groups in total. The largest absolute Gasteiger partial charge is 0.465 e. The normalized spacial score (nSPS) is 9.81. The molecule has 16 heavy (non-hydrogen) atoms. The van der Waals surface area contributed by atoms with Crippen molar-refractivity contribution in [2.45, 2.75) is 0 Å². The molecule has 0 unspecified atom stereocenters. The van der Waals surface area contributed by atoms with E-state index >= 15 is 0 Å². The smallest absolute Gasteiger partial charge is 0.339 e. The minimum Gasteiger partial charge on any atom is -0.465 e. The quantitative estimate of drug-likeness (QED) is 0.813. The summed E-state index contributed by atoms with van der Waals surface area (Å²) in [6.45, 7) is 0. The van der Waals surface area contributed by atoms with Crippen LogP contribution in [0.4, 0.5) is 10.8 Å². The van der Waals surface area contributed by atoms with Crippen LogP contribution in [-0.4, -0.2) is 27.9 Å². The van der Waals surface area contributed by atoms with Crippen LogP contribution < -0.4 is 5.32 Å². The Balaban J connectivity index is 2.30. The van der Waals surface area contributed by atoms with Gasteiger partial charge in [-0.3, -0.25) is 0 Å². The van der Waals surface area contributed by atoms with Crippen molar-refractivity contribution in [3.8, 4) is 0 Å². The highest BCUT2D eigenvalue weighted by molar-refractivity contribution is 7.09. The maximum atomic E-state index is 11.5. The van der Waals surface area contributed by atoms with Gasteiger partial charge in [0.2, 0.25) is 5.13 Å². The second-order valence-electron chi connectivity index (χ2n) is 2.83. The van der Waals surface area contributed by atoms with Crippen LogP contribution in [0.1, 0.15) is 10.4 Å². The van der Waals surface area contributed by atoms with E-state index in [1.54, 1.807) is 18.2 Å². The number of hydrogen-bond donors (Lipinski definition) is 1. The molecule has 0 aliphatic heterocycles. The first-order valence-corrected chi connectivity index (χ1v) is 5.18. The van der Waals surface area contributed by atoms with Gasteiger partial charge in [0.25, 0.3) is 0 Å². The lowest BCUT2D eigenvalue weighted by molar-refractivity contribution is 0.0602. The number of benzene rings is 1. The van der Waals surface area contributed by atoms with E-state index in [9.17, 15) is 4.79 Å². The zero-order valence-corrected chi connectivity index (χ0v) is 9.19. The van der Waals surface area contributed by atoms with E-state index in [4.69, 9.17) is 0 Å². The van der Waals surface area contributed by atoms with E-state index < -0.39 is 5.97 Å². The monoisotopic (exact) mass is 236 g/mol. The van der Waals surface area contributed by atoms with Gasteiger partial charge in [0.15, 0.2) is 0 Å². The number of esters is 1. The number of hydrogen-bond acceptors (Lipinski definition) is 7. The molecule has 0 saturated carbocycles. The lowest BCUT2D eigenvalue weighted by Crippen LogP contribution is -2.05. The van der Waals surface area contributed by atoms with E-state index in [1.807, 2.05) is 6.07 Å². The Morgan fingerprint density at radius 1 is 1.44 bits per heavy atom. The summed E-state index contributed by atoms with van der Waals surface area (Å²) < 4.78 is 8.28. The summed E-state index contributed by atoms with van der Waals surface area (Å²) in [6.07, 6.45) is 0. The first-order valence-electron chi connectivity index (χ1n) is 4.40. The minimum absolute atomic E-state index is 0.402. The van der Waals surface area contributed by atoms with E-state index in [2.05, 4.69) is 24.9 Å². The van der Waals surface area contributed by atoms with E-state index in [1.165, 1.54) is 7.11 Å². The second-order valence-corrected chi connectivity index (χ2v) is 3.56. The average Bonchev–Trinajstić information content (AvgIpc) is 2.82. The summed E-state index contributed by atoms with van der Waals surface area (Å²) in [5.74, 6) is -0.402. The van der Waals surface area contributed by atoms with Gasteiger partial charge in [-0.2, -0.15) is 0 Å². The summed E-state index contributed by atoms with van der Waals surface area (Å²) in [4.78, 5) is 11.5. The predicted octanol–water partition coefficient (Wildman–Crippen LogP) is 1.46. The summed E-state index contributed by atoms with van der Waals surface area (Å²) in [6, 6.07) is 7.00. The van der Waals surface area contributed by atoms with Gasteiger partial charge >= 0.3 is 5.97 Å². The lowest BCUT2D eigenvalue weighted by atomic mass is 10.2. The van der Waals surface area contributed by atoms with Gasteiger partial charge in [-0.05, 0) is 17.3 Å². The fourth-order valence-electron chi connectivity index (χ4n) is 1.18. The van der Waals surface area contributed by atoms with Crippen LogP contribution in [-0.2, 0) is 4.74 Å². The van der Waals surface area contributed by atoms with Crippen molar-refractivity contribution in [3.05, 3.63) is 29.8 Å². The number of nitrogens with one attached hydrogen (secondary N) is 1. The van der Waals surface area contributed by atoms with Gasteiger partial charge in [0, 0.05) is 11.5 Å². The van der Waals surface area contributed by atoms with Gasteiger partial charge in [-0.25, -0.2) is 4.79 Å².